The van der Waals surface area contributed by atoms with Gasteiger partial charge >= 0.3 is 0 Å². The SMILES string of the molecule is CC(=O)c1cccc(NC(=O)c2ccc(NC3CC3)c([N+](=O)[O-])c2)c1. The molecule has 0 bridgehead atoms. The lowest BCUT2D eigenvalue weighted by molar-refractivity contribution is -0.384. The summed E-state index contributed by atoms with van der Waals surface area (Å²) in [5.41, 5.74) is 1.41. The second-order valence-electron chi connectivity index (χ2n) is 6.00. The summed E-state index contributed by atoms with van der Waals surface area (Å²) < 4.78 is 0. The van der Waals surface area contributed by atoms with E-state index in [9.17, 15) is 19.7 Å². The number of nitro groups is 1. The van der Waals surface area contributed by atoms with E-state index in [0.29, 0.717) is 16.9 Å². The van der Waals surface area contributed by atoms with Crippen molar-refractivity contribution in [2.75, 3.05) is 10.6 Å². The third-order valence-corrected chi connectivity index (χ3v) is 3.92. The van der Waals surface area contributed by atoms with Crippen LogP contribution in [0.4, 0.5) is 17.1 Å². The van der Waals surface area contributed by atoms with Crippen LogP contribution in [0.2, 0.25) is 0 Å². The Hall–Kier alpha value is -3.22. The van der Waals surface area contributed by atoms with Gasteiger partial charge in [-0.15, -0.1) is 0 Å². The highest BCUT2D eigenvalue weighted by molar-refractivity contribution is 6.05. The molecule has 0 radical (unpaired) electrons. The quantitative estimate of drug-likeness (QED) is 0.475. The zero-order valence-corrected chi connectivity index (χ0v) is 13.6. The number of ketones is 1. The molecule has 3 rings (SSSR count). The van der Waals surface area contributed by atoms with Gasteiger partial charge in [0.2, 0.25) is 0 Å². The second kappa shape index (κ2) is 6.72. The number of nitrogens with zero attached hydrogens (tertiary/aromatic N) is 1. The number of Topliss-reactive ketones (excluding diaryl/α,β-unsaturated/α-hetero) is 1. The van der Waals surface area contributed by atoms with Crippen LogP contribution in [0, 0.1) is 10.1 Å². The molecule has 7 heteroatoms. The highest BCUT2D eigenvalue weighted by Gasteiger charge is 2.25. The van der Waals surface area contributed by atoms with E-state index >= 15 is 0 Å². The van der Waals surface area contributed by atoms with E-state index in [2.05, 4.69) is 10.6 Å². The minimum absolute atomic E-state index is 0.109. The zero-order valence-electron chi connectivity index (χ0n) is 13.6. The lowest BCUT2D eigenvalue weighted by Gasteiger charge is -2.09. The number of carbonyl (C=O) groups is 2. The van der Waals surface area contributed by atoms with Gasteiger partial charge in [0.15, 0.2) is 5.78 Å². The number of anilines is 2. The molecule has 2 N–H and O–H groups in total. The van der Waals surface area contributed by atoms with Crippen molar-refractivity contribution in [2.45, 2.75) is 25.8 Å². The molecule has 0 unspecified atom stereocenters. The van der Waals surface area contributed by atoms with Crippen molar-refractivity contribution in [1.82, 2.24) is 0 Å². The Balaban J connectivity index is 1.81. The Bertz CT molecular complexity index is 859. The fourth-order valence-corrected chi connectivity index (χ4v) is 2.41. The Morgan fingerprint density at radius 1 is 1.12 bits per heavy atom. The van der Waals surface area contributed by atoms with Gasteiger partial charge in [0.05, 0.1) is 4.92 Å². The predicted octanol–water partition coefficient (Wildman–Crippen LogP) is 3.62. The van der Waals surface area contributed by atoms with E-state index in [1.54, 1.807) is 36.4 Å². The van der Waals surface area contributed by atoms with Crippen LogP contribution in [-0.4, -0.2) is 22.7 Å². The first-order valence-electron chi connectivity index (χ1n) is 7.91. The van der Waals surface area contributed by atoms with Gasteiger partial charge in [-0.1, -0.05) is 12.1 Å². The van der Waals surface area contributed by atoms with Crippen molar-refractivity contribution in [1.29, 1.82) is 0 Å². The summed E-state index contributed by atoms with van der Waals surface area (Å²) >= 11 is 0. The summed E-state index contributed by atoms with van der Waals surface area (Å²) in [4.78, 5) is 34.6. The van der Waals surface area contributed by atoms with Crippen molar-refractivity contribution in [3.63, 3.8) is 0 Å². The standard InChI is InChI=1S/C18H17N3O4/c1-11(22)12-3-2-4-15(9-12)20-18(23)13-5-8-16(19-14-6-7-14)17(10-13)21(24)25/h2-5,8-10,14,19H,6-7H2,1H3,(H,20,23). The third-order valence-electron chi connectivity index (χ3n) is 3.92. The minimum Gasteiger partial charge on any atom is -0.377 e. The number of nitrogens with one attached hydrogen (secondary N) is 2. The molecule has 1 amide bonds. The molecule has 2 aromatic carbocycles. The number of rotatable bonds is 6. The highest BCUT2D eigenvalue weighted by Crippen LogP contribution is 2.31. The monoisotopic (exact) mass is 339 g/mol. The van der Waals surface area contributed by atoms with Gasteiger partial charge in [-0.25, -0.2) is 0 Å². The molecular weight excluding hydrogens is 322 g/mol. The molecule has 128 valence electrons. The maximum atomic E-state index is 12.4. The number of benzene rings is 2. The summed E-state index contributed by atoms with van der Waals surface area (Å²) in [6, 6.07) is 11.2. The lowest BCUT2D eigenvalue weighted by atomic mass is 10.1. The Labute approximate surface area is 144 Å². The van der Waals surface area contributed by atoms with Gasteiger partial charge in [0, 0.05) is 28.9 Å². The molecule has 0 atom stereocenters. The maximum Gasteiger partial charge on any atom is 0.293 e. The molecule has 1 saturated carbocycles. The Morgan fingerprint density at radius 3 is 2.52 bits per heavy atom. The molecule has 7 nitrogen and oxygen atoms in total. The fourth-order valence-electron chi connectivity index (χ4n) is 2.41. The summed E-state index contributed by atoms with van der Waals surface area (Å²) in [5.74, 6) is -0.580. The number of nitro benzene ring substituents is 1. The van der Waals surface area contributed by atoms with Gasteiger partial charge < -0.3 is 10.6 Å². The van der Waals surface area contributed by atoms with Crippen molar-refractivity contribution < 1.29 is 14.5 Å². The van der Waals surface area contributed by atoms with Crippen molar-refractivity contribution in [3.05, 3.63) is 63.7 Å². The third kappa shape index (κ3) is 4.00. The first kappa shape index (κ1) is 16.6. The lowest BCUT2D eigenvalue weighted by Crippen LogP contribution is -2.13. The predicted molar refractivity (Wildman–Crippen MR) is 94.1 cm³/mol. The number of carbonyl (C=O) groups excluding carboxylic acids is 2. The molecule has 1 aliphatic rings. The largest absolute Gasteiger partial charge is 0.377 e. The number of amides is 1. The van der Waals surface area contributed by atoms with Crippen LogP contribution >= 0.6 is 0 Å². The molecule has 0 saturated heterocycles. The van der Waals surface area contributed by atoms with Crippen molar-refractivity contribution in [2.24, 2.45) is 0 Å². The van der Waals surface area contributed by atoms with Crippen LogP contribution in [-0.2, 0) is 0 Å². The topological polar surface area (TPSA) is 101 Å². The normalized spacial score (nSPS) is 13.2. The van der Waals surface area contributed by atoms with Gasteiger partial charge in [-0.05, 0) is 44.0 Å². The highest BCUT2D eigenvalue weighted by atomic mass is 16.6. The van der Waals surface area contributed by atoms with E-state index in [0.717, 1.165) is 12.8 Å². The van der Waals surface area contributed by atoms with Gasteiger partial charge in [0.25, 0.3) is 11.6 Å². The first-order chi connectivity index (χ1) is 11.9. The molecule has 1 aliphatic carbocycles. The summed E-state index contributed by atoms with van der Waals surface area (Å²) in [5, 5.41) is 17.0. The second-order valence-corrected chi connectivity index (χ2v) is 6.00. The maximum absolute atomic E-state index is 12.4. The van der Waals surface area contributed by atoms with Crippen LogP contribution < -0.4 is 10.6 Å². The number of hydrogen-bond donors (Lipinski definition) is 2. The van der Waals surface area contributed by atoms with Gasteiger partial charge in [-0.3, -0.25) is 19.7 Å². The van der Waals surface area contributed by atoms with Gasteiger partial charge in [-0.2, -0.15) is 0 Å². The first-order valence-corrected chi connectivity index (χ1v) is 7.91. The Morgan fingerprint density at radius 2 is 1.88 bits per heavy atom. The zero-order chi connectivity index (χ0) is 18.0. The van der Waals surface area contributed by atoms with Crippen LogP contribution in [0.3, 0.4) is 0 Å². The molecule has 0 spiro atoms. The molecule has 0 aliphatic heterocycles. The molecular formula is C18H17N3O4. The Kier molecular flexibility index (Phi) is 4.47. The van der Waals surface area contributed by atoms with Crippen molar-refractivity contribution >= 4 is 28.8 Å². The molecule has 1 fully saturated rings. The summed E-state index contributed by atoms with van der Waals surface area (Å²) in [6.07, 6.45) is 1.98. The van der Waals surface area contributed by atoms with E-state index in [-0.39, 0.29) is 23.1 Å². The van der Waals surface area contributed by atoms with Crippen LogP contribution in [0.5, 0.6) is 0 Å². The summed E-state index contributed by atoms with van der Waals surface area (Å²) in [7, 11) is 0. The van der Waals surface area contributed by atoms with Crippen LogP contribution in [0.1, 0.15) is 40.5 Å². The van der Waals surface area contributed by atoms with E-state index < -0.39 is 10.8 Å². The minimum atomic E-state index is -0.502. The van der Waals surface area contributed by atoms with Gasteiger partial charge in [0.1, 0.15) is 5.69 Å². The average molecular weight is 339 g/mol. The molecule has 2 aromatic rings. The fraction of sp³-hybridized carbons (Fsp3) is 0.222. The van der Waals surface area contributed by atoms with Crippen LogP contribution in [0.15, 0.2) is 42.5 Å². The molecule has 0 heterocycles. The average Bonchev–Trinajstić information content (AvgIpc) is 3.39. The smallest absolute Gasteiger partial charge is 0.293 e. The van der Waals surface area contributed by atoms with Crippen molar-refractivity contribution in [3.8, 4) is 0 Å². The summed E-state index contributed by atoms with van der Waals surface area (Å²) in [6.45, 7) is 1.44. The molecule has 0 aromatic heterocycles. The molecule has 25 heavy (non-hydrogen) atoms. The number of hydrogen-bond acceptors (Lipinski definition) is 5. The van der Waals surface area contributed by atoms with E-state index in [1.807, 2.05) is 0 Å². The van der Waals surface area contributed by atoms with Crippen LogP contribution in [0.25, 0.3) is 0 Å². The van der Waals surface area contributed by atoms with E-state index in [1.165, 1.54) is 13.0 Å². The van der Waals surface area contributed by atoms with E-state index in [4.69, 9.17) is 0 Å².